The van der Waals surface area contributed by atoms with E-state index in [1.54, 1.807) is 30.5 Å². The van der Waals surface area contributed by atoms with Crippen molar-refractivity contribution in [3.8, 4) is 0 Å². The highest BCUT2D eigenvalue weighted by atomic mass is 35.5. The van der Waals surface area contributed by atoms with Crippen LogP contribution in [0.2, 0.25) is 5.02 Å². The summed E-state index contributed by atoms with van der Waals surface area (Å²) in [7, 11) is -4.02. The Morgan fingerprint density at radius 3 is 2.52 bits per heavy atom. The zero-order valence-corrected chi connectivity index (χ0v) is 17.4. The highest BCUT2D eigenvalue weighted by Gasteiger charge is 2.17. The molecular weight excluding hydrogens is 441 g/mol. The normalized spacial score (nSPS) is 11.3. The molecule has 1 heterocycles. The summed E-state index contributed by atoms with van der Waals surface area (Å²) in [4.78, 5) is 16.8. The lowest BCUT2D eigenvalue weighted by Gasteiger charge is -2.12. The molecule has 0 spiro atoms. The molecular formula is C22H15ClFN3O3S. The van der Waals surface area contributed by atoms with Gasteiger partial charge in [0, 0.05) is 22.8 Å². The first-order valence-electron chi connectivity index (χ1n) is 9.06. The van der Waals surface area contributed by atoms with Crippen LogP contribution in [0.4, 0.5) is 15.8 Å². The number of anilines is 2. The number of sulfonamides is 1. The number of carbonyl (C=O) groups is 1. The molecule has 31 heavy (non-hydrogen) atoms. The lowest BCUT2D eigenvalue weighted by molar-refractivity contribution is 0.102. The Labute approximate surface area is 182 Å². The Morgan fingerprint density at radius 2 is 1.74 bits per heavy atom. The molecule has 0 aliphatic rings. The van der Waals surface area contributed by atoms with Crippen LogP contribution in [0, 0.1) is 5.82 Å². The predicted octanol–water partition coefficient (Wildman–Crippen LogP) is 5.08. The number of nitrogens with one attached hydrogen (secondary N) is 2. The average Bonchev–Trinajstić information content (AvgIpc) is 2.75. The van der Waals surface area contributed by atoms with Crippen LogP contribution in [-0.4, -0.2) is 19.3 Å². The maximum absolute atomic E-state index is 13.1. The molecule has 1 aromatic heterocycles. The first kappa shape index (κ1) is 20.8. The van der Waals surface area contributed by atoms with Gasteiger partial charge in [0.1, 0.15) is 5.82 Å². The molecule has 0 unspecified atom stereocenters. The molecule has 0 aliphatic heterocycles. The van der Waals surface area contributed by atoms with Gasteiger partial charge in [-0.05, 0) is 66.7 Å². The van der Waals surface area contributed by atoms with E-state index in [0.717, 1.165) is 35.2 Å². The second kappa shape index (κ2) is 8.33. The lowest BCUT2D eigenvalue weighted by Crippen LogP contribution is -2.15. The number of benzene rings is 3. The number of halogens is 2. The molecule has 0 saturated carbocycles. The summed E-state index contributed by atoms with van der Waals surface area (Å²) in [6, 6.07) is 17.6. The Morgan fingerprint density at radius 1 is 0.968 bits per heavy atom. The van der Waals surface area contributed by atoms with Gasteiger partial charge in [0.2, 0.25) is 0 Å². The predicted molar refractivity (Wildman–Crippen MR) is 118 cm³/mol. The Kier molecular flexibility index (Phi) is 5.58. The van der Waals surface area contributed by atoms with E-state index in [1.165, 1.54) is 18.2 Å². The second-order valence-electron chi connectivity index (χ2n) is 6.62. The van der Waals surface area contributed by atoms with Crippen LogP contribution >= 0.6 is 11.6 Å². The van der Waals surface area contributed by atoms with Crippen LogP contribution in [0.3, 0.4) is 0 Å². The highest BCUT2D eigenvalue weighted by Crippen LogP contribution is 2.27. The first-order valence-corrected chi connectivity index (χ1v) is 10.9. The third kappa shape index (κ3) is 4.65. The van der Waals surface area contributed by atoms with E-state index in [1.807, 2.05) is 6.07 Å². The Hall–Kier alpha value is -3.49. The maximum Gasteiger partial charge on any atom is 0.261 e. The van der Waals surface area contributed by atoms with Crippen molar-refractivity contribution in [1.29, 1.82) is 0 Å². The number of fused-ring (bicyclic) bond motifs is 1. The number of hydrogen-bond acceptors (Lipinski definition) is 4. The fourth-order valence-electron chi connectivity index (χ4n) is 2.92. The van der Waals surface area contributed by atoms with Gasteiger partial charge in [-0.1, -0.05) is 17.7 Å². The van der Waals surface area contributed by atoms with Crippen LogP contribution < -0.4 is 10.0 Å². The topological polar surface area (TPSA) is 88.2 Å². The van der Waals surface area contributed by atoms with E-state index < -0.39 is 21.7 Å². The van der Waals surface area contributed by atoms with Crippen molar-refractivity contribution >= 4 is 49.8 Å². The van der Waals surface area contributed by atoms with Gasteiger partial charge in [-0.25, -0.2) is 12.8 Å². The molecule has 0 bridgehead atoms. The van der Waals surface area contributed by atoms with E-state index in [-0.39, 0.29) is 21.2 Å². The van der Waals surface area contributed by atoms with E-state index in [2.05, 4.69) is 15.0 Å². The summed E-state index contributed by atoms with van der Waals surface area (Å²) in [6.07, 6.45) is 1.68. The second-order valence-corrected chi connectivity index (χ2v) is 8.71. The van der Waals surface area contributed by atoms with Crippen molar-refractivity contribution in [3.63, 3.8) is 0 Å². The van der Waals surface area contributed by atoms with Crippen LogP contribution in [0.25, 0.3) is 10.9 Å². The summed E-state index contributed by atoms with van der Waals surface area (Å²) in [5, 5.41) is 3.74. The zero-order chi connectivity index (χ0) is 22.0. The standard InChI is InChI=1S/C22H15ClFN3O3S/c23-19-9-3-15(13-21(19)27-31(29,30)18-7-4-16(24)5-8-18)22(28)26-17-6-10-20-14(12-17)2-1-11-25-20/h1-13,27H,(H,26,28). The monoisotopic (exact) mass is 455 g/mol. The fraction of sp³-hybridized carbons (Fsp3) is 0. The minimum absolute atomic E-state index is 0.0290. The number of carbonyl (C=O) groups excluding carboxylic acids is 1. The fourth-order valence-corrected chi connectivity index (χ4v) is 4.21. The van der Waals surface area contributed by atoms with Gasteiger partial charge in [0.15, 0.2) is 0 Å². The Balaban J connectivity index is 1.57. The number of rotatable bonds is 5. The van der Waals surface area contributed by atoms with E-state index in [9.17, 15) is 17.6 Å². The SMILES string of the molecule is O=C(Nc1ccc2ncccc2c1)c1ccc(Cl)c(NS(=O)(=O)c2ccc(F)cc2)c1. The first-order chi connectivity index (χ1) is 14.8. The van der Waals surface area contributed by atoms with E-state index in [0.29, 0.717) is 5.69 Å². The molecule has 9 heteroatoms. The van der Waals surface area contributed by atoms with Crippen LogP contribution in [0.5, 0.6) is 0 Å². The third-order valence-corrected chi connectivity index (χ3v) is 6.17. The molecule has 0 atom stereocenters. The van der Waals surface area contributed by atoms with Gasteiger partial charge < -0.3 is 5.32 Å². The van der Waals surface area contributed by atoms with Crippen molar-refractivity contribution in [3.05, 3.63) is 95.4 Å². The number of nitrogens with zero attached hydrogens (tertiary/aromatic N) is 1. The van der Waals surface area contributed by atoms with Gasteiger partial charge in [0.25, 0.3) is 15.9 Å². The molecule has 1 amide bonds. The molecule has 4 aromatic rings. The lowest BCUT2D eigenvalue weighted by atomic mass is 10.1. The van der Waals surface area contributed by atoms with Gasteiger partial charge in [0.05, 0.1) is 21.1 Å². The smallest absolute Gasteiger partial charge is 0.261 e. The average molecular weight is 456 g/mol. The molecule has 3 aromatic carbocycles. The number of pyridine rings is 1. The van der Waals surface area contributed by atoms with Crippen molar-refractivity contribution < 1.29 is 17.6 Å². The minimum Gasteiger partial charge on any atom is -0.322 e. The zero-order valence-electron chi connectivity index (χ0n) is 15.8. The Bertz CT molecular complexity index is 1390. The van der Waals surface area contributed by atoms with E-state index in [4.69, 9.17) is 11.6 Å². The summed E-state index contributed by atoms with van der Waals surface area (Å²) < 4.78 is 40.5. The van der Waals surface area contributed by atoms with Crippen LogP contribution in [0.15, 0.2) is 83.9 Å². The molecule has 156 valence electrons. The summed E-state index contributed by atoms with van der Waals surface area (Å²) >= 11 is 6.12. The largest absolute Gasteiger partial charge is 0.322 e. The molecule has 2 N–H and O–H groups in total. The highest BCUT2D eigenvalue weighted by molar-refractivity contribution is 7.92. The molecule has 4 rings (SSSR count). The number of hydrogen-bond donors (Lipinski definition) is 2. The third-order valence-electron chi connectivity index (χ3n) is 4.46. The molecule has 0 aliphatic carbocycles. The maximum atomic E-state index is 13.1. The van der Waals surface area contributed by atoms with Gasteiger partial charge in [-0.2, -0.15) is 0 Å². The summed E-state index contributed by atoms with van der Waals surface area (Å²) in [5.74, 6) is -0.998. The summed E-state index contributed by atoms with van der Waals surface area (Å²) in [6.45, 7) is 0. The molecule has 0 fully saturated rings. The number of aromatic nitrogens is 1. The minimum atomic E-state index is -4.02. The summed E-state index contributed by atoms with van der Waals surface area (Å²) in [5.41, 5.74) is 1.59. The van der Waals surface area contributed by atoms with Gasteiger partial charge in [-0.3, -0.25) is 14.5 Å². The van der Waals surface area contributed by atoms with E-state index >= 15 is 0 Å². The van der Waals surface area contributed by atoms with Crippen molar-refractivity contribution in [2.24, 2.45) is 0 Å². The van der Waals surface area contributed by atoms with Crippen molar-refractivity contribution in [1.82, 2.24) is 4.98 Å². The molecule has 0 radical (unpaired) electrons. The molecule has 0 saturated heterocycles. The van der Waals surface area contributed by atoms with Gasteiger partial charge >= 0.3 is 0 Å². The van der Waals surface area contributed by atoms with Crippen molar-refractivity contribution in [2.45, 2.75) is 4.90 Å². The van der Waals surface area contributed by atoms with Crippen LogP contribution in [0.1, 0.15) is 10.4 Å². The van der Waals surface area contributed by atoms with Crippen LogP contribution in [-0.2, 0) is 10.0 Å². The number of amides is 1. The van der Waals surface area contributed by atoms with Gasteiger partial charge in [-0.15, -0.1) is 0 Å². The molecule has 6 nitrogen and oxygen atoms in total. The quantitative estimate of drug-likeness (QED) is 0.439. The van der Waals surface area contributed by atoms with Crippen molar-refractivity contribution in [2.75, 3.05) is 10.0 Å².